The number of nitrogens with zero attached hydrogens (tertiary/aromatic N) is 2. The summed E-state index contributed by atoms with van der Waals surface area (Å²) in [4.78, 5) is 16.8. The average molecular weight is 268 g/mol. The van der Waals surface area contributed by atoms with Crippen molar-refractivity contribution in [2.45, 2.75) is 26.3 Å². The third kappa shape index (κ3) is 2.25. The summed E-state index contributed by atoms with van der Waals surface area (Å²) < 4.78 is 7.09. The van der Waals surface area contributed by atoms with Crippen molar-refractivity contribution in [2.75, 3.05) is 0 Å². The highest BCUT2D eigenvalue weighted by atomic mass is 16.3. The van der Waals surface area contributed by atoms with Gasteiger partial charge < -0.3 is 8.98 Å². The monoisotopic (exact) mass is 268 g/mol. The van der Waals surface area contributed by atoms with Crippen molar-refractivity contribution >= 4 is 16.8 Å². The smallest absolute Gasteiger partial charge is 0.173 e. The molecular weight excluding hydrogens is 252 g/mol. The lowest BCUT2D eigenvalue weighted by molar-refractivity contribution is 0.0989. The summed E-state index contributed by atoms with van der Waals surface area (Å²) in [5.41, 5.74) is 2.63. The van der Waals surface area contributed by atoms with Gasteiger partial charge in [-0.15, -0.1) is 0 Å². The number of hydrogen-bond acceptors (Lipinski definition) is 3. The number of carbonyl (C=O) groups is 1. The Labute approximate surface area is 117 Å². The molecule has 0 aliphatic rings. The Balaban J connectivity index is 1.98. The number of fused-ring (bicyclic) bond motifs is 1. The number of carbonyl (C=O) groups excluding carboxylic acids is 1. The van der Waals surface area contributed by atoms with Crippen molar-refractivity contribution < 1.29 is 9.21 Å². The van der Waals surface area contributed by atoms with Gasteiger partial charge in [0.2, 0.25) is 0 Å². The van der Waals surface area contributed by atoms with E-state index in [0.29, 0.717) is 12.0 Å². The van der Waals surface area contributed by atoms with E-state index in [0.717, 1.165) is 29.8 Å². The van der Waals surface area contributed by atoms with Crippen molar-refractivity contribution in [2.24, 2.45) is 0 Å². The number of para-hydroxylation sites is 2. The quantitative estimate of drug-likeness (QED) is 0.666. The maximum Gasteiger partial charge on any atom is 0.173 e. The first-order valence-corrected chi connectivity index (χ1v) is 6.79. The van der Waals surface area contributed by atoms with E-state index in [1.807, 2.05) is 24.3 Å². The van der Waals surface area contributed by atoms with Gasteiger partial charge in [-0.2, -0.15) is 0 Å². The standard InChI is InChI=1S/C16H16N2O2/c1-2-8-18-14-6-4-3-5-13(14)17-16(18)10-15(19)12-7-9-20-11-12/h3-7,9,11H,2,8,10H2,1H3. The van der Waals surface area contributed by atoms with Crippen molar-refractivity contribution in [3.8, 4) is 0 Å². The molecule has 0 N–H and O–H groups in total. The minimum Gasteiger partial charge on any atom is -0.472 e. The number of Topliss-reactive ketones (excluding diaryl/α,β-unsaturated/α-hetero) is 1. The number of benzene rings is 1. The molecule has 102 valence electrons. The van der Waals surface area contributed by atoms with Crippen LogP contribution in [0.4, 0.5) is 0 Å². The van der Waals surface area contributed by atoms with Crippen molar-refractivity contribution in [1.29, 1.82) is 0 Å². The fourth-order valence-electron chi connectivity index (χ4n) is 2.40. The van der Waals surface area contributed by atoms with Crippen LogP contribution in [0.15, 0.2) is 47.3 Å². The van der Waals surface area contributed by atoms with Gasteiger partial charge in [0.05, 0.1) is 29.3 Å². The van der Waals surface area contributed by atoms with Crippen LogP contribution in [0.2, 0.25) is 0 Å². The number of aryl methyl sites for hydroxylation is 1. The molecule has 0 bridgehead atoms. The maximum atomic E-state index is 12.2. The normalized spacial score (nSPS) is 11.1. The molecule has 0 fully saturated rings. The molecule has 0 spiro atoms. The third-order valence-electron chi connectivity index (χ3n) is 3.34. The van der Waals surface area contributed by atoms with Crippen LogP contribution in [-0.2, 0) is 13.0 Å². The van der Waals surface area contributed by atoms with E-state index in [2.05, 4.69) is 16.5 Å². The predicted octanol–water partition coefficient (Wildman–Crippen LogP) is 3.46. The lowest BCUT2D eigenvalue weighted by atomic mass is 10.1. The van der Waals surface area contributed by atoms with Gasteiger partial charge in [-0.25, -0.2) is 4.98 Å². The van der Waals surface area contributed by atoms with Crippen molar-refractivity contribution in [3.05, 3.63) is 54.2 Å². The molecule has 3 aromatic rings. The first kappa shape index (κ1) is 12.7. The lowest BCUT2D eigenvalue weighted by Gasteiger charge is -2.06. The van der Waals surface area contributed by atoms with Crippen LogP contribution in [0.25, 0.3) is 11.0 Å². The van der Waals surface area contributed by atoms with Crippen LogP contribution in [0.1, 0.15) is 29.5 Å². The summed E-state index contributed by atoms with van der Waals surface area (Å²) >= 11 is 0. The zero-order valence-corrected chi connectivity index (χ0v) is 11.4. The molecule has 0 saturated heterocycles. The summed E-state index contributed by atoms with van der Waals surface area (Å²) in [6.07, 6.45) is 4.30. The van der Waals surface area contributed by atoms with E-state index in [1.165, 1.54) is 12.5 Å². The Morgan fingerprint density at radius 1 is 1.30 bits per heavy atom. The highest BCUT2D eigenvalue weighted by Gasteiger charge is 2.15. The molecule has 0 amide bonds. The molecule has 2 aromatic heterocycles. The molecule has 0 aliphatic heterocycles. The Kier molecular flexibility index (Phi) is 3.37. The van der Waals surface area contributed by atoms with E-state index in [1.54, 1.807) is 6.07 Å². The minimum atomic E-state index is 0.0337. The van der Waals surface area contributed by atoms with Gasteiger partial charge in [-0.05, 0) is 24.6 Å². The Hall–Kier alpha value is -2.36. The summed E-state index contributed by atoms with van der Waals surface area (Å²) in [6.45, 7) is 2.99. The first-order valence-electron chi connectivity index (χ1n) is 6.79. The van der Waals surface area contributed by atoms with Crippen molar-refractivity contribution in [3.63, 3.8) is 0 Å². The Morgan fingerprint density at radius 3 is 2.90 bits per heavy atom. The summed E-state index contributed by atoms with van der Waals surface area (Å²) in [6, 6.07) is 9.68. The molecule has 4 nitrogen and oxygen atoms in total. The average Bonchev–Trinajstić information content (AvgIpc) is 3.08. The fourth-order valence-corrected chi connectivity index (χ4v) is 2.40. The highest BCUT2D eigenvalue weighted by molar-refractivity contribution is 5.97. The fraction of sp³-hybridized carbons (Fsp3) is 0.250. The number of hydrogen-bond donors (Lipinski definition) is 0. The van der Waals surface area contributed by atoms with E-state index < -0.39 is 0 Å². The second-order valence-electron chi connectivity index (χ2n) is 4.78. The molecule has 0 aliphatic carbocycles. The number of ketones is 1. The summed E-state index contributed by atoms with van der Waals surface area (Å²) in [5, 5.41) is 0. The van der Waals surface area contributed by atoms with Crippen LogP contribution in [0.5, 0.6) is 0 Å². The summed E-state index contributed by atoms with van der Waals surface area (Å²) in [5.74, 6) is 0.852. The van der Waals surface area contributed by atoms with Gasteiger partial charge in [0, 0.05) is 6.54 Å². The van der Waals surface area contributed by atoms with E-state index in [4.69, 9.17) is 4.42 Å². The van der Waals surface area contributed by atoms with Gasteiger partial charge in [-0.1, -0.05) is 19.1 Å². The van der Waals surface area contributed by atoms with Gasteiger partial charge >= 0.3 is 0 Å². The van der Waals surface area contributed by atoms with Crippen LogP contribution in [0, 0.1) is 0 Å². The Bertz CT molecular complexity index is 726. The van der Waals surface area contributed by atoms with Gasteiger partial charge in [0.15, 0.2) is 5.78 Å². The van der Waals surface area contributed by atoms with Crippen LogP contribution < -0.4 is 0 Å². The molecule has 0 atom stereocenters. The largest absolute Gasteiger partial charge is 0.472 e. The topological polar surface area (TPSA) is 48.0 Å². The molecule has 0 unspecified atom stereocenters. The van der Waals surface area contributed by atoms with E-state index in [-0.39, 0.29) is 5.78 Å². The molecular formula is C16H16N2O2. The molecule has 0 radical (unpaired) electrons. The van der Waals surface area contributed by atoms with Crippen LogP contribution in [-0.4, -0.2) is 15.3 Å². The second kappa shape index (κ2) is 5.33. The molecule has 4 heteroatoms. The van der Waals surface area contributed by atoms with Crippen molar-refractivity contribution in [1.82, 2.24) is 9.55 Å². The molecule has 3 rings (SSSR count). The Morgan fingerprint density at radius 2 is 2.15 bits per heavy atom. The van der Waals surface area contributed by atoms with Gasteiger partial charge in [-0.3, -0.25) is 4.79 Å². The second-order valence-corrected chi connectivity index (χ2v) is 4.78. The zero-order chi connectivity index (χ0) is 13.9. The van der Waals surface area contributed by atoms with Crippen LogP contribution >= 0.6 is 0 Å². The SMILES string of the molecule is CCCn1c(CC(=O)c2ccoc2)nc2ccccc21. The van der Waals surface area contributed by atoms with Crippen LogP contribution in [0.3, 0.4) is 0 Å². The molecule has 0 saturated carbocycles. The highest BCUT2D eigenvalue weighted by Crippen LogP contribution is 2.18. The number of aromatic nitrogens is 2. The number of rotatable bonds is 5. The molecule has 2 heterocycles. The lowest BCUT2D eigenvalue weighted by Crippen LogP contribution is -2.10. The van der Waals surface area contributed by atoms with Gasteiger partial charge in [0.25, 0.3) is 0 Å². The summed E-state index contributed by atoms with van der Waals surface area (Å²) in [7, 11) is 0. The number of furan rings is 1. The first-order chi connectivity index (χ1) is 9.79. The van der Waals surface area contributed by atoms with Gasteiger partial charge in [0.1, 0.15) is 12.1 Å². The maximum absolute atomic E-state index is 12.2. The predicted molar refractivity (Wildman–Crippen MR) is 76.8 cm³/mol. The molecule has 20 heavy (non-hydrogen) atoms. The third-order valence-corrected chi connectivity index (χ3v) is 3.34. The van der Waals surface area contributed by atoms with E-state index >= 15 is 0 Å². The zero-order valence-electron chi connectivity index (χ0n) is 11.4. The van der Waals surface area contributed by atoms with E-state index in [9.17, 15) is 4.79 Å². The minimum absolute atomic E-state index is 0.0337. The molecule has 1 aromatic carbocycles. The number of imidazole rings is 1.